The molecule has 1 aromatic carbocycles. The second kappa shape index (κ2) is 5.40. The van der Waals surface area contributed by atoms with E-state index < -0.39 is 22.0 Å². The second-order valence-electron chi connectivity index (χ2n) is 4.36. The predicted octanol–water partition coefficient (Wildman–Crippen LogP) is 1.45. The van der Waals surface area contributed by atoms with Gasteiger partial charge in [0.2, 0.25) is 10.0 Å². The zero-order valence-corrected chi connectivity index (χ0v) is 11.9. The Morgan fingerprint density at radius 3 is 2.80 bits per heavy atom. The standard InChI is InChI=1S/C12H11ClN2O4S/c13-9-3-4-11(8(6-9)7-14)20(18,19)15-5-1-2-10(15)12(16)17/h3-4,6,10H,1-2,5H2,(H,16,17). The fourth-order valence-corrected chi connectivity index (χ4v) is 4.16. The third-order valence-corrected chi connectivity index (χ3v) is 5.34. The van der Waals surface area contributed by atoms with Crippen molar-refractivity contribution in [3.05, 3.63) is 28.8 Å². The number of carbonyl (C=O) groups is 1. The third kappa shape index (κ3) is 2.50. The molecule has 6 nitrogen and oxygen atoms in total. The van der Waals surface area contributed by atoms with Crippen molar-refractivity contribution in [1.82, 2.24) is 4.31 Å². The van der Waals surface area contributed by atoms with Crippen molar-refractivity contribution < 1.29 is 18.3 Å². The number of aliphatic carboxylic acids is 1. The summed E-state index contributed by atoms with van der Waals surface area (Å²) in [6.07, 6.45) is 0.746. The molecule has 1 aromatic rings. The second-order valence-corrected chi connectivity index (χ2v) is 6.66. The van der Waals surface area contributed by atoms with Crippen LogP contribution in [0.15, 0.2) is 23.1 Å². The summed E-state index contributed by atoms with van der Waals surface area (Å²) in [5.41, 5.74) is -0.0893. The first kappa shape index (κ1) is 14.8. The van der Waals surface area contributed by atoms with Gasteiger partial charge in [-0.1, -0.05) is 11.6 Å². The molecule has 1 saturated heterocycles. The minimum atomic E-state index is -4.02. The van der Waals surface area contributed by atoms with Crippen LogP contribution >= 0.6 is 11.6 Å². The first-order valence-corrected chi connectivity index (χ1v) is 7.64. The highest BCUT2D eigenvalue weighted by Crippen LogP contribution is 2.29. The van der Waals surface area contributed by atoms with Crippen LogP contribution in [0.2, 0.25) is 5.02 Å². The molecule has 1 aliphatic heterocycles. The Balaban J connectivity index is 2.51. The van der Waals surface area contributed by atoms with Crippen molar-refractivity contribution in [2.24, 2.45) is 0 Å². The van der Waals surface area contributed by atoms with E-state index in [1.165, 1.54) is 18.2 Å². The molecule has 0 spiro atoms. The zero-order valence-electron chi connectivity index (χ0n) is 10.3. The molecular weight excluding hydrogens is 304 g/mol. The van der Waals surface area contributed by atoms with Crippen LogP contribution in [0.4, 0.5) is 0 Å². The Bertz CT molecular complexity index is 696. The average Bonchev–Trinajstić information content (AvgIpc) is 2.88. The van der Waals surface area contributed by atoms with Gasteiger partial charge in [-0.15, -0.1) is 0 Å². The van der Waals surface area contributed by atoms with Gasteiger partial charge in [0.15, 0.2) is 0 Å². The topological polar surface area (TPSA) is 98.5 Å². The van der Waals surface area contributed by atoms with Crippen molar-refractivity contribution in [3.63, 3.8) is 0 Å². The molecule has 0 saturated carbocycles. The summed E-state index contributed by atoms with van der Waals surface area (Å²) in [4.78, 5) is 10.9. The Labute approximate surface area is 121 Å². The lowest BCUT2D eigenvalue weighted by Crippen LogP contribution is -2.40. The highest BCUT2D eigenvalue weighted by Gasteiger charge is 2.40. The molecule has 106 valence electrons. The number of hydrogen-bond donors (Lipinski definition) is 1. The number of sulfonamides is 1. The van der Waals surface area contributed by atoms with Crippen LogP contribution in [0.3, 0.4) is 0 Å². The number of benzene rings is 1. The molecule has 1 N–H and O–H groups in total. The molecule has 0 amide bonds. The van der Waals surface area contributed by atoms with Gasteiger partial charge in [-0.05, 0) is 31.0 Å². The van der Waals surface area contributed by atoms with Gasteiger partial charge in [0.05, 0.1) is 5.56 Å². The lowest BCUT2D eigenvalue weighted by molar-refractivity contribution is -0.140. The molecule has 1 fully saturated rings. The maximum atomic E-state index is 12.5. The number of rotatable bonds is 3. The number of carboxylic acid groups (broad SMARTS) is 1. The molecule has 2 rings (SSSR count). The first-order chi connectivity index (χ1) is 9.37. The van der Waals surface area contributed by atoms with Crippen molar-refractivity contribution in [2.75, 3.05) is 6.54 Å². The molecule has 0 bridgehead atoms. The van der Waals surface area contributed by atoms with Crippen LogP contribution in [0.5, 0.6) is 0 Å². The molecular formula is C12H11ClN2O4S. The largest absolute Gasteiger partial charge is 0.480 e. The van der Waals surface area contributed by atoms with Gasteiger partial charge >= 0.3 is 5.97 Å². The molecule has 8 heteroatoms. The molecule has 1 unspecified atom stereocenters. The Kier molecular flexibility index (Phi) is 3.99. The van der Waals surface area contributed by atoms with Crippen molar-refractivity contribution >= 4 is 27.6 Å². The molecule has 0 aliphatic carbocycles. The van der Waals surface area contributed by atoms with Crippen molar-refractivity contribution in [2.45, 2.75) is 23.8 Å². The van der Waals surface area contributed by atoms with Gasteiger partial charge in [-0.3, -0.25) is 4.79 Å². The van der Waals surface area contributed by atoms with E-state index in [9.17, 15) is 13.2 Å². The smallest absolute Gasteiger partial charge is 0.322 e. The minimum absolute atomic E-state index is 0.0893. The average molecular weight is 315 g/mol. The SMILES string of the molecule is N#Cc1cc(Cl)ccc1S(=O)(=O)N1CCCC1C(=O)O. The van der Waals surface area contributed by atoms with E-state index >= 15 is 0 Å². The van der Waals surface area contributed by atoms with E-state index in [0.29, 0.717) is 6.42 Å². The van der Waals surface area contributed by atoms with Crippen LogP contribution in [-0.4, -0.2) is 36.4 Å². The maximum Gasteiger partial charge on any atom is 0.322 e. The summed E-state index contributed by atoms with van der Waals surface area (Å²) in [5.74, 6) is -1.18. The van der Waals surface area contributed by atoms with E-state index in [2.05, 4.69) is 0 Å². The van der Waals surface area contributed by atoms with Crippen molar-refractivity contribution in [3.8, 4) is 6.07 Å². The summed E-state index contributed by atoms with van der Waals surface area (Å²) in [7, 11) is -4.02. The number of halogens is 1. The van der Waals surface area contributed by atoms with E-state index in [1.807, 2.05) is 0 Å². The van der Waals surface area contributed by atoms with Crippen LogP contribution in [0.1, 0.15) is 18.4 Å². The third-order valence-electron chi connectivity index (χ3n) is 3.14. The predicted molar refractivity (Wildman–Crippen MR) is 70.7 cm³/mol. The summed E-state index contributed by atoms with van der Waals surface area (Å²) in [6, 6.07) is 4.53. The normalized spacial score (nSPS) is 19.7. The maximum absolute atomic E-state index is 12.5. The minimum Gasteiger partial charge on any atom is -0.480 e. The number of nitrogens with zero attached hydrogens (tertiary/aromatic N) is 2. The molecule has 1 atom stereocenters. The fourth-order valence-electron chi connectivity index (χ4n) is 2.22. The van der Waals surface area contributed by atoms with E-state index in [-0.39, 0.29) is 28.4 Å². The van der Waals surface area contributed by atoms with E-state index in [0.717, 1.165) is 4.31 Å². The van der Waals surface area contributed by atoms with E-state index in [1.54, 1.807) is 6.07 Å². The highest BCUT2D eigenvalue weighted by atomic mass is 35.5. The number of carboxylic acids is 1. The summed E-state index contributed by atoms with van der Waals surface area (Å²) >= 11 is 5.73. The zero-order chi connectivity index (χ0) is 14.9. The monoisotopic (exact) mass is 314 g/mol. The van der Waals surface area contributed by atoms with Crippen LogP contribution < -0.4 is 0 Å². The lowest BCUT2D eigenvalue weighted by Gasteiger charge is -2.21. The van der Waals surface area contributed by atoms with Crippen LogP contribution in [-0.2, 0) is 14.8 Å². The van der Waals surface area contributed by atoms with Crippen LogP contribution in [0, 0.1) is 11.3 Å². The van der Waals surface area contributed by atoms with Gasteiger partial charge < -0.3 is 5.11 Å². The highest BCUT2D eigenvalue weighted by molar-refractivity contribution is 7.89. The molecule has 20 heavy (non-hydrogen) atoms. The Morgan fingerprint density at radius 2 is 2.20 bits per heavy atom. The lowest BCUT2D eigenvalue weighted by atomic mass is 10.2. The quantitative estimate of drug-likeness (QED) is 0.910. The fraction of sp³-hybridized carbons (Fsp3) is 0.333. The Hall–Kier alpha value is -1.62. The number of nitriles is 1. The van der Waals surface area contributed by atoms with Gasteiger partial charge in [0.25, 0.3) is 0 Å². The summed E-state index contributed by atoms with van der Waals surface area (Å²) in [6.45, 7) is 0.132. The van der Waals surface area contributed by atoms with Gasteiger partial charge in [-0.25, -0.2) is 8.42 Å². The Morgan fingerprint density at radius 1 is 1.50 bits per heavy atom. The first-order valence-electron chi connectivity index (χ1n) is 5.82. The van der Waals surface area contributed by atoms with Crippen molar-refractivity contribution in [1.29, 1.82) is 5.26 Å². The molecule has 0 radical (unpaired) electrons. The molecule has 1 heterocycles. The number of hydrogen-bond acceptors (Lipinski definition) is 4. The van der Waals surface area contributed by atoms with E-state index in [4.69, 9.17) is 22.0 Å². The summed E-state index contributed by atoms with van der Waals surface area (Å²) in [5, 5.41) is 18.3. The van der Waals surface area contributed by atoms with Gasteiger partial charge in [0.1, 0.15) is 17.0 Å². The van der Waals surface area contributed by atoms with Gasteiger partial charge in [0, 0.05) is 11.6 Å². The van der Waals surface area contributed by atoms with Gasteiger partial charge in [-0.2, -0.15) is 9.57 Å². The van der Waals surface area contributed by atoms with Crippen LogP contribution in [0.25, 0.3) is 0 Å². The molecule has 0 aromatic heterocycles. The molecule has 1 aliphatic rings. The summed E-state index contributed by atoms with van der Waals surface area (Å²) < 4.78 is 25.9.